The van der Waals surface area contributed by atoms with Crippen molar-refractivity contribution in [1.82, 2.24) is 10.2 Å². The number of nitrogens with one attached hydrogen (secondary N) is 1. The Morgan fingerprint density at radius 3 is 3.08 bits per heavy atom. The Bertz CT molecular complexity index is 542. The second kappa shape index (κ2) is 9.84. The molecule has 1 aromatic rings. The fourth-order valence-corrected chi connectivity index (χ4v) is 3.07. The summed E-state index contributed by atoms with van der Waals surface area (Å²) in [6.07, 6.45) is 2.16. The molecule has 1 aliphatic rings. The van der Waals surface area contributed by atoms with Crippen molar-refractivity contribution in [2.45, 2.75) is 12.8 Å². The Morgan fingerprint density at radius 2 is 2.33 bits per heavy atom. The Labute approximate surface area is 147 Å². The van der Waals surface area contributed by atoms with E-state index in [1.165, 1.54) is 0 Å². The monoisotopic (exact) mass is 355 g/mol. The van der Waals surface area contributed by atoms with Crippen molar-refractivity contribution in [2.24, 2.45) is 11.7 Å². The molecule has 134 valence electrons. The van der Waals surface area contributed by atoms with Crippen molar-refractivity contribution < 1.29 is 14.6 Å². The van der Waals surface area contributed by atoms with Crippen LogP contribution in [0.25, 0.3) is 0 Å². The number of aliphatic hydroxyl groups is 1. The number of aliphatic hydroxyl groups excluding tert-OH is 1. The highest BCUT2D eigenvalue weighted by atomic mass is 35.5. The van der Waals surface area contributed by atoms with Gasteiger partial charge in [-0.1, -0.05) is 11.6 Å². The molecule has 1 fully saturated rings. The summed E-state index contributed by atoms with van der Waals surface area (Å²) in [5.41, 5.74) is 5.86. The molecule has 1 amide bonds. The number of halogens is 1. The molecule has 1 unspecified atom stereocenters. The van der Waals surface area contributed by atoms with E-state index < -0.39 is 0 Å². The average Bonchev–Trinajstić information content (AvgIpc) is 2.60. The number of hydrogen-bond acceptors (Lipinski definition) is 5. The maximum atomic E-state index is 12.4. The number of amides is 1. The lowest BCUT2D eigenvalue weighted by molar-refractivity contribution is 0.0927. The lowest BCUT2D eigenvalue weighted by Crippen LogP contribution is -2.41. The summed E-state index contributed by atoms with van der Waals surface area (Å²) in [6, 6.07) is 4.97. The lowest BCUT2D eigenvalue weighted by Gasteiger charge is -2.31. The zero-order valence-corrected chi connectivity index (χ0v) is 14.6. The van der Waals surface area contributed by atoms with E-state index in [-0.39, 0.29) is 12.5 Å². The fourth-order valence-electron chi connectivity index (χ4n) is 2.90. The zero-order valence-electron chi connectivity index (χ0n) is 13.8. The third-order valence-electron chi connectivity index (χ3n) is 4.14. The number of hydrogen-bond donors (Lipinski definition) is 3. The summed E-state index contributed by atoms with van der Waals surface area (Å²) in [7, 11) is 0. The maximum absolute atomic E-state index is 12.4. The van der Waals surface area contributed by atoms with E-state index in [2.05, 4.69) is 10.2 Å². The number of nitrogens with two attached hydrogens (primary N) is 1. The first-order valence-corrected chi connectivity index (χ1v) is 8.75. The lowest BCUT2D eigenvalue weighted by atomic mass is 9.99. The molecule has 0 spiro atoms. The molecule has 0 saturated carbocycles. The van der Waals surface area contributed by atoms with E-state index >= 15 is 0 Å². The second-order valence-corrected chi connectivity index (χ2v) is 6.46. The van der Waals surface area contributed by atoms with E-state index in [0.29, 0.717) is 41.9 Å². The summed E-state index contributed by atoms with van der Waals surface area (Å²) >= 11 is 5.99. The van der Waals surface area contributed by atoms with E-state index in [4.69, 9.17) is 22.1 Å². The van der Waals surface area contributed by atoms with Gasteiger partial charge in [-0.3, -0.25) is 4.79 Å². The minimum absolute atomic E-state index is 0.208. The molecular formula is C17H26ClN3O3. The fraction of sp³-hybridized carbons (Fsp3) is 0.588. The Kier molecular flexibility index (Phi) is 7.78. The highest BCUT2D eigenvalue weighted by Gasteiger charge is 2.19. The first-order valence-electron chi connectivity index (χ1n) is 8.38. The van der Waals surface area contributed by atoms with Crippen molar-refractivity contribution in [3.8, 4) is 5.75 Å². The van der Waals surface area contributed by atoms with Crippen LogP contribution in [0.2, 0.25) is 5.02 Å². The van der Waals surface area contributed by atoms with E-state index in [1.807, 2.05) is 0 Å². The quantitative estimate of drug-likeness (QED) is 0.650. The highest BCUT2D eigenvalue weighted by molar-refractivity contribution is 6.31. The summed E-state index contributed by atoms with van der Waals surface area (Å²) < 4.78 is 5.50. The van der Waals surface area contributed by atoms with Crippen LogP contribution in [0, 0.1) is 5.92 Å². The molecule has 1 atom stereocenters. The molecule has 6 nitrogen and oxygen atoms in total. The number of benzene rings is 1. The molecule has 1 heterocycles. The van der Waals surface area contributed by atoms with E-state index in [0.717, 1.165) is 32.5 Å². The first kappa shape index (κ1) is 19.0. The van der Waals surface area contributed by atoms with Crippen molar-refractivity contribution >= 4 is 17.5 Å². The van der Waals surface area contributed by atoms with Crippen LogP contribution in [0.1, 0.15) is 23.2 Å². The van der Waals surface area contributed by atoms with Crippen LogP contribution in [0.5, 0.6) is 5.75 Å². The molecule has 2 rings (SSSR count). The number of rotatable bonds is 8. The molecule has 0 radical (unpaired) electrons. The number of ether oxygens (including phenoxy) is 1. The third-order valence-corrected chi connectivity index (χ3v) is 4.37. The second-order valence-electron chi connectivity index (χ2n) is 6.02. The van der Waals surface area contributed by atoms with Gasteiger partial charge in [-0.2, -0.15) is 0 Å². The number of carbonyl (C=O) groups excluding carboxylic acids is 1. The molecule has 1 aromatic carbocycles. The summed E-state index contributed by atoms with van der Waals surface area (Å²) in [5.74, 6) is 0.625. The van der Waals surface area contributed by atoms with Gasteiger partial charge < -0.3 is 25.8 Å². The van der Waals surface area contributed by atoms with Crippen LogP contribution < -0.4 is 15.8 Å². The number of piperidine rings is 1. The first-order chi connectivity index (χ1) is 11.6. The topological polar surface area (TPSA) is 87.8 Å². The van der Waals surface area contributed by atoms with Crippen LogP contribution >= 0.6 is 11.6 Å². The summed E-state index contributed by atoms with van der Waals surface area (Å²) in [5, 5.41) is 12.7. The molecule has 0 aliphatic carbocycles. The SMILES string of the molecule is NCCOc1ccc(Cl)cc1C(=O)NCCN1CCCC(CO)C1. The Hall–Kier alpha value is -1.34. The van der Waals surface area contributed by atoms with Gasteiger partial charge >= 0.3 is 0 Å². The highest BCUT2D eigenvalue weighted by Crippen LogP contribution is 2.23. The van der Waals surface area contributed by atoms with Gasteiger partial charge in [-0.05, 0) is 43.5 Å². The predicted octanol–water partition coefficient (Wildman–Crippen LogP) is 1.11. The van der Waals surface area contributed by atoms with Crippen LogP contribution in [-0.2, 0) is 0 Å². The Balaban J connectivity index is 1.86. The predicted molar refractivity (Wildman–Crippen MR) is 94.6 cm³/mol. The number of likely N-dealkylation sites (tertiary alicyclic amines) is 1. The van der Waals surface area contributed by atoms with Crippen molar-refractivity contribution in [2.75, 3.05) is 45.9 Å². The van der Waals surface area contributed by atoms with Gasteiger partial charge in [0.05, 0.1) is 5.56 Å². The van der Waals surface area contributed by atoms with Crippen LogP contribution in [0.3, 0.4) is 0 Å². The normalized spacial score (nSPS) is 18.4. The largest absolute Gasteiger partial charge is 0.491 e. The van der Waals surface area contributed by atoms with Gasteiger partial charge in [0.15, 0.2) is 0 Å². The number of carbonyl (C=O) groups is 1. The molecule has 1 aliphatic heterocycles. The van der Waals surface area contributed by atoms with Gasteiger partial charge in [0, 0.05) is 37.8 Å². The molecule has 1 saturated heterocycles. The summed E-state index contributed by atoms with van der Waals surface area (Å²) in [4.78, 5) is 14.7. The van der Waals surface area contributed by atoms with Crippen molar-refractivity contribution in [1.29, 1.82) is 0 Å². The van der Waals surface area contributed by atoms with E-state index in [1.54, 1.807) is 18.2 Å². The van der Waals surface area contributed by atoms with Crippen LogP contribution in [0.15, 0.2) is 18.2 Å². The zero-order chi connectivity index (χ0) is 17.4. The molecular weight excluding hydrogens is 330 g/mol. The Morgan fingerprint density at radius 1 is 1.50 bits per heavy atom. The van der Waals surface area contributed by atoms with Gasteiger partial charge in [-0.15, -0.1) is 0 Å². The van der Waals surface area contributed by atoms with Crippen molar-refractivity contribution in [3.63, 3.8) is 0 Å². The minimum atomic E-state index is -0.208. The summed E-state index contributed by atoms with van der Waals surface area (Å²) in [6.45, 7) is 4.15. The maximum Gasteiger partial charge on any atom is 0.255 e. The molecule has 0 bridgehead atoms. The third kappa shape index (κ3) is 5.63. The van der Waals surface area contributed by atoms with Crippen LogP contribution in [0.4, 0.5) is 0 Å². The molecule has 0 aromatic heterocycles. The standard InChI is InChI=1S/C17H26ClN3O3/c18-14-3-4-16(24-9-5-19)15(10-14)17(23)20-6-8-21-7-1-2-13(11-21)12-22/h3-4,10,13,22H,1-2,5-9,11-12,19H2,(H,20,23). The van der Waals surface area contributed by atoms with Gasteiger partial charge in [0.25, 0.3) is 5.91 Å². The van der Waals surface area contributed by atoms with Gasteiger partial charge in [-0.25, -0.2) is 0 Å². The molecule has 7 heteroatoms. The minimum Gasteiger partial charge on any atom is -0.491 e. The van der Waals surface area contributed by atoms with Gasteiger partial charge in [0.1, 0.15) is 12.4 Å². The van der Waals surface area contributed by atoms with Gasteiger partial charge in [0.2, 0.25) is 0 Å². The average molecular weight is 356 g/mol. The molecule has 4 N–H and O–H groups in total. The number of nitrogens with zero attached hydrogens (tertiary/aromatic N) is 1. The smallest absolute Gasteiger partial charge is 0.255 e. The van der Waals surface area contributed by atoms with Crippen molar-refractivity contribution in [3.05, 3.63) is 28.8 Å². The van der Waals surface area contributed by atoms with Crippen LogP contribution in [-0.4, -0.2) is 61.9 Å². The molecule has 24 heavy (non-hydrogen) atoms. The van der Waals surface area contributed by atoms with E-state index in [9.17, 15) is 9.90 Å².